The van der Waals surface area contributed by atoms with Crippen molar-refractivity contribution in [3.63, 3.8) is 0 Å². The molecule has 0 unspecified atom stereocenters. The molecule has 1 heterocycles. The molecular weight excluding hydrogens is 358 g/mol. The number of methoxy groups -OCH3 is 1. The van der Waals surface area contributed by atoms with E-state index in [0.29, 0.717) is 23.6 Å². The molecule has 0 saturated carbocycles. The summed E-state index contributed by atoms with van der Waals surface area (Å²) in [5, 5.41) is 3.75. The number of nitrogens with zero attached hydrogens (tertiary/aromatic N) is 2. The number of benzene rings is 2. The largest absolute Gasteiger partial charge is 0.495 e. The van der Waals surface area contributed by atoms with Gasteiger partial charge in [-0.05, 0) is 25.1 Å². The van der Waals surface area contributed by atoms with Gasteiger partial charge in [-0.1, -0.05) is 42.5 Å². The molecule has 1 N–H and O–H groups in total. The lowest BCUT2D eigenvalue weighted by molar-refractivity contribution is -0.115. The lowest BCUT2D eigenvalue weighted by atomic mass is 10.1. The van der Waals surface area contributed by atoms with Crippen molar-refractivity contribution >= 4 is 23.4 Å². The summed E-state index contributed by atoms with van der Waals surface area (Å²) in [6.45, 7) is 1.88. The zero-order chi connectivity index (χ0) is 19.1. The first-order valence-electron chi connectivity index (χ1n) is 8.62. The van der Waals surface area contributed by atoms with Crippen LogP contribution in [0, 0.1) is 6.92 Å². The average Bonchev–Trinajstić information content (AvgIpc) is 2.68. The lowest BCUT2D eigenvalue weighted by Gasteiger charge is -2.10. The van der Waals surface area contributed by atoms with Crippen LogP contribution in [0.25, 0.3) is 11.3 Å². The quantitative estimate of drug-likeness (QED) is 0.481. The minimum Gasteiger partial charge on any atom is -0.495 e. The number of amides is 1. The molecule has 0 fully saturated rings. The van der Waals surface area contributed by atoms with Gasteiger partial charge < -0.3 is 10.1 Å². The van der Waals surface area contributed by atoms with Crippen LogP contribution < -0.4 is 10.1 Å². The number of aryl methyl sites for hydroxylation is 1. The van der Waals surface area contributed by atoms with Gasteiger partial charge in [-0.3, -0.25) is 4.79 Å². The summed E-state index contributed by atoms with van der Waals surface area (Å²) < 4.78 is 5.25. The third-order valence-corrected chi connectivity index (χ3v) is 4.76. The number of thioether (sulfide) groups is 1. The van der Waals surface area contributed by atoms with Crippen molar-refractivity contribution in [2.24, 2.45) is 0 Å². The van der Waals surface area contributed by atoms with Crippen LogP contribution in [0.15, 0.2) is 65.7 Å². The molecule has 0 spiro atoms. The van der Waals surface area contributed by atoms with E-state index in [9.17, 15) is 4.79 Å². The number of hydrogen-bond acceptors (Lipinski definition) is 5. The Morgan fingerprint density at radius 1 is 1.07 bits per heavy atom. The van der Waals surface area contributed by atoms with Crippen molar-refractivity contribution in [3.8, 4) is 17.0 Å². The van der Waals surface area contributed by atoms with Gasteiger partial charge in [-0.2, -0.15) is 0 Å². The predicted molar refractivity (Wildman–Crippen MR) is 109 cm³/mol. The molecule has 0 atom stereocenters. The molecule has 0 bridgehead atoms. The van der Waals surface area contributed by atoms with Crippen LogP contribution in [0.1, 0.15) is 12.2 Å². The van der Waals surface area contributed by atoms with Gasteiger partial charge in [0.05, 0.1) is 18.5 Å². The summed E-state index contributed by atoms with van der Waals surface area (Å²) in [5.74, 6) is 1.95. The maximum absolute atomic E-state index is 12.2. The Morgan fingerprint density at radius 2 is 1.81 bits per heavy atom. The molecule has 1 amide bonds. The van der Waals surface area contributed by atoms with Gasteiger partial charge in [0.25, 0.3) is 0 Å². The molecule has 3 rings (SSSR count). The van der Waals surface area contributed by atoms with Crippen molar-refractivity contribution in [1.82, 2.24) is 9.97 Å². The molecule has 0 aliphatic heterocycles. The number of para-hydroxylation sites is 2. The standard InChI is InChI=1S/C21H21N3O2S/c1-15-22-18(16-8-4-3-5-9-16)14-21(23-15)27-13-12-20(25)24-17-10-6-7-11-19(17)26-2/h3-11,14H,12-13H2,1-2H3,(H,24,25). The normalized spacial score (nSPS) is 10.4. The highest BCUT2D eigenvalue weighted by atomic mass is 32.2. The van der Waals surface area contributed by atoms with E-state index < -0.39 is 0 Å². The summed E-state index contributed by atoms with van der Waals surface area (Å²) in [7, 11) is 1.59. The van der Waals surface area contributed by atoms with Gasteiger partial charge in [-0.15, -0.1) is 11.8 Å². The van der Waals surface area contributed by atoms with E-state index >= 15 is 0 Å². The second-order valence-electron chi connectivity index (χ2n) is 5.85. The Morgan fingerprint density at radius 3 is 2.59 bits per heavy atom. The molecule has 5 nitrogen and oxygen atoms in total. The van der Waals surface area contributed by atoms with Crippen LogP contribution in [0.3, 0.4) is 0 Å². The van der Waals surface area contributed by atoms with E-state index in [0.717, 1.165) is 22.1 Å². The number of carbonyl (C=O) groups excluding carboxylic acids is 1. The van der Waals surface area contributed by atoms with Crippen molar-refractivity contribution in [3.05, 3.63) is 66.5 Å². The number of aromatic nitrogens is 2. The Bertz CT molecular complexity index is 916. The number of ether oxygens (including phenoxy) is 1. The first-order chi connectivity index (χ1) is 13.2. The second kappa shape index (κ2) is 9.19. The highest BCUT2D eigenvalue weighted by Gasteiger charge is 2.09. The van der Waals surface area contributed by atoms with Gasteiger partial charge in [0.1, 0.15) is 16.6 Å². The molecular formula is C21H21N3O2S. The van der Waals surface area contributed by atoms with Crippen molar-refractivity contribution in [1.29, 1.82) is 0 Å². The lowest BCUT2D eigenvalue weighted by Crippen LogP contribution is -2.13. The van der Waals surface area contributed by atoms with Crippen molar-refractivity contribution < 1.29 is 9.53 Å². The van der Waals surface area contributed by atoms with E-state index in [-0.39, 0.29) is 5.91 Å². The topological polar surface area (TPSA) is 64.1 Å². The molecule has 3 aromatic rings. The van der Waals surface area contributed by atoms with Gasteiger partial charge in [0.2, 0.25) is 5.91 Å². The van der Waals surface area contributed by atoms with Crippen LogP contribution >= 0.6 is 11.8 Å². The summed E-state index contributed by atoms with van der Waals surface area (Å²) in [4.78, 5) is 21.2. The maximum atomic E-state index is 12.2. The van der Waals surface area contributed by atoms with Crippen LogP contribution in [-0.4, -0.2) is 28.7 Å². The van der Waals surface area contributed by atoms with Crippen molar-refractivity contribution in [2.45, 2.75) is 18.4 Å². The van der Waals surface area contributed by atoms with Crippen LogP contribution in [0.2, 0.25) is 0 Å². The van der Waals surface area contributed by atoms with E-state index in [2.05, 4.69) is 15.3 Å². The monoisotopic (exact) mass is 379 g/mol. The zero-order valence-corrected chi connectivity index (χ0v) is 16.1. The Balaban J connectivity index is 1.59. The molecule has 6 heteroatoms. The van der Waals surface area contributed by atoms with Gasteiger partial charge in [-0.25, -0.2) is 9.97 Å². The number of anilines is 1. The molecule has 0 radical (unpaired) electrons. The summed E-state index contributed by atoms with van der Waals surface area (Å²) in [6, 6.07) is 19.3. The van der Waals surface area contributed by atoms with E-state index in [1.807, 2.05) is 67.6 Å². The van der Waals surface area contributed by atoms with E-state index in [1.54, 1.807) is 18.9 Å². The van der Waals surface area contributed by atoms with E-state index in [4.69, 9.17) is 4.74 Å². The second-order valence-corrected chi connectivity index (χ2v) is 6.97. The van der Waals surface area contributed by atoms with Gasteiger partial charge >= 0.3 is 0 Å². The Hall–Kier alpha value is -2.86. The number of nitrogens with one attached hydrogen (secondary N) is 1. The van der Waals surface area contributed by atoms with Crippen LogP contribution in [0.4, 0.5) is 5.69 Å². The van der Waals surface area contributed by atoms with E-state index in [1.165, 1.54) is 0 Å². The van der Waals surface area contributed by atoms with Gasteiger partial charge in [0.15, 0.2) is 0 Å². The summed E-state index contributed by atoms with van der Waals surface area (Å²) in [6.07, 6.45) is 0.381. The summed E-state index contributed by atoms with van der Waals surface area (Å²) >= 11 is 1.55. The third-order valence-electron chi connectivity index (χ3n) is 3.84. The highest BCUT2D eigenvalue weighted by Crippen LogP contribution is 2.25. The molecule has 0 saturated heterocycles. The predicted octanol–water partition coefficient (Wildman–Crippen LogP) is 4.58. The molecule has 0 aliphatic carbocycles. The molecule has 2 aromatic carbocycles. The highest BCUT2D eigenvalue weighted by molar-refractivity contribution is 7.99. The molecule has 0 aliphatic rings. The SMILES string of the molecule is COc1ccccc1NC(=O)CCSc1cc(-c2ccccc2)nc(C)n1. The van der Waals surface area contributed by atoms with Crippen LogP contribution in [0.5, 0.6) is 5.75 Å². The molecule has 138 valence electrons. The van der Waals surface area contributed by atoms with Gasteiger partial charge in [0, 0.05) is 17.7 Å². The van der Waals surface area contributed by atoms with Crippen molar-refractivity contribution in [2.75, 3.05) is 18.2 Å². The minimum absolute atomic E-state index is 0.0546. The smallest absolute Gasteiger partial charge is 0.225 e. The fraction of sp³-hybridized carbons (Fsp3) is 0.190. The first kappa shape index (κ1) is 18.9. The Labute approximate surface area is 163 Å². The average molecular weight is 379 g/mol. The minimum atomic E-state index is -0.0546. The third kappa shape index (κ3) is 5.31. The summed E-state index contributed by atoms with van der Waals surface area (Å²) in [5.41, 5.74) is 2.63. The molecule has 1 aromatic heterocycles. The fourth-order valence-corrected chi connectivity index (χ4v) is 3.47. The Kier molecular flexibility index (Phi) is 6.44. The number of carbonyl (C=O) groups is 1. The fourth-order valence-electron chi connectivity index (χ4n) is 2.58. The number of hydrogen-bond donors (Lipinski definition) is 1. The zero-order valence-electron chi connectivity index (χ0n) is 15.3. The van der Waals surface area contributed by atoms with Crippen LogP contribution in [-0.2, 0) is 4.79 Å². The molecule has 27 heavy (non-hydrogen) atoms. The first-order valence-corrected chi connectivity index (χ1v) is 9.61. The number of rotatable bonds is 7. The maximum Gasteiger partial charge on any atom is 0.225 e.